The fourth-order valence-corrected chi connectivity index (χ4v) is 1.22. The quantitative estimate of drug-likeness (QED) is 0.658. The number of rotatable bonds is 4. The predicted molar refractivity (Wildman–Crippen MR) is 60.4 cm³/mol. The Bertz CT molecular complexity index is 320. The minimum Gasteiger partial charge on any atom is -0.295 e. The number of allylic oxidation sites excluding steroid dienone is 1. The zero-order valence-corrected chi connectivity index (χ0v) is 8.79. The van der Waals surface area contributed by atoms with Crippen LogP contribution in [0.4, 0.5) is 0 Å². The van der Waals surface area contributed by atoms with Crippen molar-refractivity contribution < 1.29 is 4.79 Å². The molecule has 0 unspecified atom stereocenters. The SMILES string of the molecule is CCCC=Cc1ccc(C(C)=O)cc1. The smallest absolute Gasteiger partial charge is 0.159 e. The molecule has 1 nitrogen and oxygen atoms in total. The molecule has 0 saturated heterocycles. The highest BCUT2D eigenvalue weighted by molar-refractivity contribution is 5.94. The molecule has 0 bridgehead atoms. The van der Waals surface area contributed by atoms with Crippen molar-refractivity contribution in [1.29, 1.82) is 0 Å². The van der Waals surface area contributed by atoms with E-state index in [1.807, 2.05) is 24.3 Å². The third-order valence-corrected chi connectivity index (χ3v) is 2.08. The fraction of sp³-hybridized carbons (Fsp3) is 0.308. The summed E-state index contributed by atoms with van der Waals surface area (Å²) in [6.45, 7) is 3.74. The molecule has 0 N–H and O–H groups in total. The topological polar surface area (TPSA) is 17.1 Å². The standard InChI is InChI=1S/C13H16O/c1-3-4-5-6-12-7-9-13(10-8-12)11(2)14/h5-10H,3-4H2,1-2H3. The van der Waals surface area contributed by atoms with Crippen LogP contribution in [0.2, 0.25) is 0 Å². The van der Waals surface area contributed by atoms with E-state index in [0.29, 0.717) is 0 Å². The molecule has 0 amide bonds. The molecule has 0 aliphatic heterocycles. The summed E-state index contributed by atoms with van der Waals surface area (Å²) in [5.74, 6) is 0.120. The Kier molecular flexibility index (Phi) is 4.11. The summed E-state index contributed by atoms with van der Waals surface area (Å²) in [7, 11) is 0. The summed E-state index contributed by atoms with van der Waals surface area (Å²) >= 11 is 0. The highest BCUT2D eigenvalue weighted by Gasteiger charge is 1.96. The molecule has 1 aromatic rings. The first-order chi connectivity index (χ1) is 6.74. The molecule has 74 valence electrons. The summed E-state index contributed by atoms with van der Waals surface area (Å²) in [6.07, 6.45) is 6.52. The van der Waals surface area contributed by atoms with Crippen molar-refractivity contribution in [1.82, 2.24) is 0 Å². The maximum Gasteiger partial charge on any atom is 0.159 e. The van der Waals surface area contributed by atoms with Crippen molar-refractivity contribution in [2.24, 2.45) is 0 Å². The van der Waals surface area contributed by atoms with E-state index in [9.17, 15) is 4.79 Å². The lowest BCUT2D eigenvalue weighted by Crippen LogP contribution is -1.90. The van der Waals surface area contributed by atoms with E-state index in [1.54, 1.807) is 6.92 Å². The van der Waals surface area contributed by atoms with Gasteiger partial charge in [-0.15, -0.1) is 0 Å². The number of carbonyl (C=O) groups is 1. The van der Waals surface area contributed by atoms with Gasteiger partial charge in [0.15, 0.2) is 5.78 Å². The second kappa shape index (κ2) is 5.38. The normalized spacial score (nSPS) is 10.7. The molecular weight excluding hydrogens is 172 g/mol. The van der Waals surface area contributed by atoms with Gasteiger partial charge >= 0.3 is 0 Å². The van der Waals surface area contributed by atoms with Gasteiger partial charge in [-0.3, -0.25) is 4.79 Å². The number of hydrogen-bond acceptors (Lipinski definition) is 1. The van der Waals surface area contributed by atoms with Gasteiger partial charge < -0.3 is 0 Å². The third-order valence-electron chi connectivity index (χ3n) is 2.08. The van der Waals surface area contributed by atoms with Crippen LogP contribution in [0.5, 0.6) is 0 Å². The van der Waals surface area contributed by atoms with Gasteiger partial charge in [-0.25, -0.2) is 0 Å². The minimum atomic E-state index is 0.120. The molecule has 0 aliphatic rings. The monoisotopic (exact) mass is 188 g/mol. The van der Waals surface area contributed by atoms with Gasteiger partial charge in [-0.05, 0) is 18.9 Å². The Hall–Kier alpha value is -1.37. The summed E-state index contributed by atoms with van der Waals surface area (Å²) in [5.41, 5.74) is 1.93. The predicted octanol–water partition coefficient (Wildman–Crippen LogP) is 3.70. The number of hydrogen-bond donors (Lipinski definition) is 0. The van der Waals surface area contributed by atoms with Crippen molar-refractivity contribution >= 4 is 11.9 Å². The molecule has 14 heavy (non-hydrogen) atoms. The first-order valence-corrected chi connectivity index (χ1v) is 5.01. The molecule has 0 spiro atoms. The average molecular weight is 188 g/mol. The van der Waals surface area contributed by atoms with Gasteiger partial charge in [-0.2, -0.15) is 0 Å². The lowest BCUT2D eigenvalue weighted by atomic mass is 10.1. The maximum absolute atomic E-state index is 11.0. The van der Waals surface area contributed by atoms with Crippen LogP contribution in [0.1, 0.15) is 42.6 Å². The van der Waals surface area contributed by atoms with E-state index in [-0.39, 0.29) is 5.78 Å². The van der Waals surface area contributed by atoms with Gasteiger partial charge in [-0.1, -0.05) is 49.8 Å². The van der Waals surface area contributed by atoms with Crippen LogP contribution in [0, 0.1) is 0 Å². The highest BCUT2D eigenvalue weighted by Crippen LogP contribution is 2.07. The van der Waals surface area contributed by atoms with Crippen LogP contribution in [0.3, 0.4) is 0 Å². The van der Waals surface area contributed by atoms with Crippen molar-refractivity contribution in [3.63, 3.8) is 0 Å². The molecule has 1 heteroatoms. The first-order valence-electron chi connectivity index (χ1n) is 5.01. The Labute approximate surface area is 85.5 Å². The van der Waals surface area contributed by atoms with E-state index < -0.39 is 0 Å². The Morgan fingerprint density at radius 1 is 1.29 bits per heavy atom. The number of carbonyl (C=O) groups excluding carboxylic acids is 1. The lowest BCUT2D eigenvalue weighted by Gasteiger charge is -1.96. The average Bonchev–Trinajstić information content (AvgIpc) is 2.19. The summed E-state index contributed by atoms with van der Waals surface area (Å²) in [5, 5.41) is 0. The molecule has 1 aromatic carbocycles. The molecule has 1 rings (SSSR count). The van der Waals surface area contributed by atoms with Crippen molar-refractivity contribution in [3.8, 4) is 0 Å². The molecule has 0 aromatic heterocycles. The zero-order chi connectivity index (χ0) is 10.4. The minimum absolute atomic E-state index is 0.120. The van der Waals surface area contributed by atoms with Gasteiger partial charge in [0.2, 0.25) is 0 Å². The van der Waals surface area contributed by atoms with Crippen LogP contribution in [0.25, 0.3) is 6.08 Å². The summed E-state index contributed by atoms with van der Waals surface area (Å²) < 4.78 is 0. The number of ketones is 1. The number of Topliss-reactive ketones (excluding diaryl/α,β-unsaturated/α-hetero) is 1. The first kappa shape index (κ1) is 10.7. The van der Waals surface area contributed by atoms with Gasteiger partial charge in [0.05, 0.1) is 0 Å². The molecule has 0 atom stereocenters. The van der Waals surface area contributed by atoms with Crippen molar-refractivity contribution in [2.75, 3.05) is 0 Å². The van der Waals surface area contributed by atoms with Crippen LogP contribution < -0.4 is 0 Å². The van der Waals surface area contributed by atoms with Crippen LogP contribution in [-0.2, 0) is 0 Å². The number of benzene rings is 1. The largest absolute Gasteiger partial charge is 0.295 e. The van der Waals surface area contributed by atoms with Crippen LogP contribution in [-0.4, -0.2) is 5.78 Å². The van der Waals surface area contributed by atoms with Gasteiger partial charge in [0, 0.05) is 5.56 Å². The van der Waals surface area contributed by atoms with E-state index in [4.69, 9.17) is 0 Å². The summed E-state index contributed by atoms with van der Waals surface area (Å²) in [4.78, 5) is 11.0. The van der Waals surface area contributed by atoms with Crippen LogP contribution >= 0.6 is 0 Å². The van der Waals surface area contributed by atoms with Crippen LogP contribution in [0.15, 0.2) is 30.3 Å². The number of unbranched alkanes of at least 4 members (excludes halogenated alkanes) is 1. The second-order valence-corrected chi connectivity index (χ2v) is 3.37. The van der Waals surface area contributed by atoms with E-state index in [1.165, 1.54) is 6.42 Å². The Morgan fingerprint density at radius 2 is 1.93 bits per heavy atom. The van der Waals surface area contributed by atoms with Crippen molar-refractivity contribution in [2.45, 2.75) is 26.7 Å². The molecule has 0 fully saturated rings. The second-order valence-electron chi connectivity index (χ2n) is 3.37. The molecule has 0 heterocycles. The van der Waals surface area contributed by atoms with Gasteiger partial charge in [0.1, 0.15) is 0 Å². The Morgan fingerprint density at radius 3 is 2.43 bits per heavy atom. The lowest BCUT2D eigenvalue weighted by molar-refractivity contribution is 0.101. The molecule has 0 aliphatic carbocycles. The highest BCUT2D eigenvalue weighted by atomic mass is 16.1. The van der Waals surface area contributed by atoms with E-state index >= 15 is 0 Å². The fourth-order valence-electron chi connectivity index (χ4n) is 1.22. The Balaban J connectivity index is 2.68. The van der Waals surface area contributed by atoms with Crippen molar-refractivity contribution in [3.05, 3.63) is 41.5 Å². The molecule has 0 saturated carbocycles. The zero-order valence-electron chi connectivity index (χ0n) is 8.79. The maximum atomic E-state index is 11.0. The summed E-state index contributed by atoms with van der Waals surface area (Å²) in [6, 6.07) is 7.69. The van der Waals surface area contributed by atoms with E-state index in [0.717, 1.165) is 17.5 Å². The van der Waals surface area contributed by atoms with E-state index in [2.05, 4.69) is 19.1 Å². The third kappa shape index (κ3) is 3.17. The molecular formula is C13H16O. The van der Waals surface area contributed by atoms with Gasteiger partial charge in [0.25, 0.3) is 0 Å². The molecule has 0 radical (unpaired) electrons.